The second-order valence-corrected chi connectivity index (χ2v) is 4.48. The molecule has 0 radical (unpaired) electrons. The van der Waals surface area contributed by atoms with Crippen molar-refractivity contribution in [3.8, 4) is 0 Å². The first kappa shape index (κ1) is 11.9. The molecule has 2 aromatic rings. The van der Waals surface area contributed by atoms with Crippen LogP contribution in [0.1, 0.15) is 27.6 Å². The molecule has 3 heteroatoms. The molecule has 0 N–H and O–H groups in total. The largest absolute Gasteiger partial charge is 0.465 e. The molecule has 96 valence electrons. The van der Waals surface area contributed by atoms with E-state index < -0.39 is 0 Å². The number of carbonyl (C=O) groups excluding carboxylic acids is 1. The lowest BCUT2D eigenvalue weighted by atomic mass is 9.88. The van der Waals surface area contributed by atoms with Crippen molar-refractivity contribution in [1.82, 2.24) is 0 Å². The molecule has 0 bridgehead atoms. The minimum Gasteiger partial charge on any atom is -0.465 e. The van der Waals surface area contributed by atoms with Crippen molar-refractivity contribution in [3.63, 3.8) is 0 Å². The monoisotopic (exact) mass is 254 g/mol. The van der Waals surface area contributed by atoms with Gasteiger partial charge in [-0.1, -0.05) is 36.4 Å². The summed E-state index contributed by atoms with van der Waals surface area (Å²) in [6.45, 7) is 0. The van der Waals surface area contributed by atoms with Crippen LogP contribution in [0.3, 0.4) is 0 Å². The molecule has 1 atom stereocenters. The van der Waals surface area contributed by atoms with Gasteiger partial charge in [0.2, 0.25) is 0 Å². The normalized spacial score (nSPS) is 16.6. The number of hydrogen-bond donors (Lipinski definition) is 0. The predicted molar refractivity (Wildman–Crippen MR) is 74.1 cm³/mol. The summed E-state index contributed by atoms with van der Waals surface area (Å²) in [5.74, 6) is -0.313. The Morgan fingerprint density at radius 2 is 2.00 bits per heavy atom. The van der Waals surface area contributed by atoms with Crippen LogP contribution < -0.4 is 0 Å². The van der Waals surface area contributed by atoms with E-state index in [1.54, 1.807) is 7.11 Å². The molecule has 1 aliphatic rings. The molecule has 1 aliphatic carbocycles. The molecule has 0 aliphatic heterocycles. The van der Waals surface area contributed by atoms with E-state index in [-0.39, 0.29) is 12.1 Å². The van der Waals surface area contributed by atoms with Crippen LogP contribution in [-0.4, -0.2) is 20.2 Å². The third kappa shape index (κ3) is 1.74. The van der Waals surface area contributed by atoms with Gasteiger partial charge in [0.25, 0.3) is 0 Å². The lowest BCUT2D eigenvalue weighted by molar-refractivity contribution is 0.0600. The Balaban J connectivity index is 2.35. The van der Waals surface area contributed by atoms with E-state index in [2.05, 4.69) is 0 Å². The quantitative estimate of drug-likeness (QED) is 0.771. The van der Waals surface area contributed by atoms with E-state index in [0.717, 1.165) is 21.9 Å². The third-order valence-electron chi connectivity index (χ3n) is 3.52. The van der Waals surface area contributed by atoms with Crippen molar-refractivity contribution in [2.24, 2.45) is 0 Å². The number of benzene rings is 2. The number of esters is 1. The summed E-state index contributed by atoms with van der Waals surface area (Å²) in [7, 11) is 3.08. The SMILES string of the molecule is COC(=O)c1ccc2cccc3c2c1C=CC3OC. The third-order valence-corrected chi connectivity index (χ3v) is 3.52. The van der Waals surface area contributed by atoms with Gasteiger partial charge in [0.05, 0.1) is 12.7 Å². The van der Waals surface area contributed by atoms with Crippen molar-refractivity contribution in [1.29, 1.82) is 0 Å². The van der Waals surface area contributed by atoms with Crippen LogP contribution in [-0.2, 0) is 9.47 Å². The second kappa shape index (κ2) is 4.52. The zero-order valence-electron chi connectivity index (χ0n) is 10.8. The summed E-state index contributed by atoms with van der Waals surface area (Å²) in [5.41, 5.74) is 2.59. The van der Waals surface area contributed by atoms with Gasteiger partial charge in [-0.25, -0.2) is 4.79 Å². The predicted octanol–water partition coefficient (Wildman–Crippen LogP) is 3.34. The number of rotatable bonds is 2. The van der Waals surface area contributed by atoms with Gasteiger partial charge >= 0.3 is 5.97 Å². The van der Waals surface area contributed by atoms with Crippen molar-refractivity contribution in [2.75, 3.05) is 14.2 Å². The standard InChI is InChI=1S/C16H14O3/c1-18-14-9-8-11-12(16(17)19-2)7-6-10-4-3-5-13(14)15(10)11/h3-9,14H,1-2H3. The van der Waals surface area contributed by atoms with Crippen LogP contribution in [0.2, 0.25) is 0 Å². The smallest absolute Gasteiger partial charge is 0.338 e. The maximum absolute atomic E-state index is 11.8. The molecule has 3 nitrogen and oxygen atoms in total. The minimum absolute atomic E-state index is 0.0657. The van der Waals surface area contributed by atoms with Crippen LogP contribution in [0.5, 0.6) is 0 Å². The molecule has 0 aromatic heterocycles. The molecule has 0 saturated heterocycles. The second-order valence-electron chi connectivity index (χ2n) is 4.48. The Hall–Kier alpha value is -2.13. The van der Waals surface area contributed by atoms with Crippen LogP contribution in [0.15, 0.2) is 36.4 Å². The van der Waals surface area contributed by atoms with E-state index in [0.29, 0.717) is 5.56 Å². The average molecular weight is 254 g/mol. The zero-order chi connectivity index (χ0) is 13.4. The average Bonchev–Trinajstić information content (AvgIpc) is 2.47. The van der Waals surface area contributed by atoms with Crippen LogP contribution in [0.4, 0.5) is 0 Å². The Morgan fingerprint density at radius 3 is 2.74 bits per heavy atom. The summed E-state index contributed by atoms with van der Waals surface area (Å²) >= 11 is 0. The van der Waals surface area contributed by atoms with E-state index in [9.17, 15) is 4.79 Å². The highest BCUT2D eigenvalue weighted by molar-refractivity contribution is 6.05. The van der Waals surface area contributed by atoms with Gasteiger partial charge in [-0.3, -0.25) is 0 Å². The minimum atomic E-state index is -0.313. The Bertz CT molecular complexity index is 686. The first-order chi connectivity index (χ1) is 9.26. The summed E-state index contributed by atoms with van der Waals surface area (Å²) in [5, 5.41) is 2.17. The topological polar surface area (TPSA) is 35.5 Å². The maximum Gasteiger partial charge on any atom is 0.338 e. The van der Waals surface area contributed by atoms with Crippen molar-refractivity contribution in [3.05, 3.63) is 53.1 Å². The summed E-state index contributed by atoms with van der Waals surface area (Å²) in [6.07, 6.45) is 3.84. The van der Waals surface area contributed by atoms with E-state index in [4.69, 9.17) is 9.47 Å². The van der Waals surface area contributed by atoms with Gasteiger partial charge in [-0.05, 0) is 28.0 Å². The first-order valence-electron chi connectivity index (χ1n) is 6.11. The van der Waals surface area contributed by atoms with Crippen molar-refractivity contribution in [2.45, 2.75) is 6.10 Å². The number of ether oxygens (including phenoxy) is 2. The molecule has 0 heterocycles. The van der Waals surface area contributed by atoms with E-state index >= 15 is 0 Å². The van der Waals surface area contributed by atoms with Crippen LogP contribution in [0, 0.1) is 0 Å². The molecule has 2 aromatic carbocycles. The Morgan fingerprint density at radius 1 is 1.16 bits per heavy atom. The lowest BCUT2D eigenvalue weighted by Gasteiger charge is -2.21. The number of hydrogen-bond acceptors (Lipinski definition) is 3. The molecular formula is C16H14O3. The molecule has 3 rings (SSSR count). The van der Waals surface area contributed by atoms with Crippen molar-refractivity contribution >= 4 is 22.8 Å². The molecule has 0 fully saturated rings. The molecular weight excluding hydrogens is 240 g/mol. The summed E-state index contributed by atoms with van der Waals surface area (Å²) in [4.78, 5) is 11.8. The summed E-state index contributed by atoms with van der Waals surface area (Å²) in [6, 6.07) is 9.83. The highest BCUT2D eigenvalue weighted by Crippen LogP contribution is 2.36. The van der Waals surface area contributed by atoms with Crippen molar-refractivity contribution < 1.29 is 14.3 Å². The summed E-state index contributed by atoms with van der Waals surface area (Å²) < 4.78 is 10.3. The highest BCUT2D eigenvalue weighted by Gasteiger charge is 2.21. The van der Waals surface area contributed by atoms with Gasteiger partial charge in [0.15, 0.2) is 0 Å². The maximum atomic E-state index is 11.8. The fourth-order valence-corrected chi connectivity index (χ4v) is 2.63. The highest BCUT2D eigenvalue weighted by atomic mass is 16.5. The zero-order valence-corrected chi connectivity index (χ0v) is 10.8. The van der Waals surface area contributed by atoms with Gasteiger partial charge in [-0.15, -0.1) is 0 Å². The van der Waals surface area contributed by atoms with Gasteiger partial charge in [0, 0.05) is 7.11 Å². The van der Waals surface area contributed by atoms with Gasteiger partial charge in [0.1, 0.15) is 6.10 Å². The Kier molecular flexibility index (Phi) is 2.84. The molecule has 0 spiro atoms. The fraction of sp³-hybridized carbons (Fsp3) is 0.188. The van der Waals surface area contributed by atoms with Gasteiger partial charge in [-0.2, -0.15) is 0 Å². The lowest BCUT2D eigenvalue weighted by Crippen LogP contribution is -2.09. The van der Waals surface area contributed by atoms with Crippen LogP contribution in [0.25, 0.3) is 16.8 Å². The molecule has 1 unspecified atom stereocenters. The molecule has 19 heavy (non-hydrogen) atoms. The fourth-order valence-electron chi connectivity index (χ4n) is 2.63. The van der Waals surface area contributed by atoms with Gasteiger partial charge < -0.3 is 9.47 Å². The number of methoxy groups -OCH3 is 2. The molecule has 0 saturated carbocycles. The van der Waals surface area contributed by atoms with E-state index in [1.165, 1.54) is 7.11 Å². The Labute approximate surface area is 111 Å². The number of carbonyl (C=O) groups is 1. The van der Waals surface area contributed by atoms with E-state index in [1.807, 2.05) is 42.5 Å². The molecule has 0 amide bonds. The first-order valence-corrected chi connectivity index (χ1v) is 6.11. The van der Waals surface area contributed by atoms with Crippen LogP contribution >= 0.6 is 0 Å².